The monoisotopic (exact) mass is 1790 g/mol. The molecule has 1 spiro atoms. The van der Waals surface area contributed by atoms with Crippen LogP contribution < -0.4 is 0 Å². The van der Waals surface area contributed by atoms with Gasteiger partial charge < -0.3 is 0 Å². The molecule has 6 nitrogen and oxygen atoms in total. The lowest BCUT2D eigenvalue weighted by atomic mass is 9.70. The van der Waals surface area contributed by atoms with Crippen molar-refractivity contribution in [2.45, 2.75) is 43.9 Å². The Morgan fingerprint density at radius 1 is 0.149 bits per heavy atom. The quantitative estimate of drug-likeness (QED) is 0.134. The molecule has 0 bridgehead atoms. The number of aromatic nitrogens is 6. The fourth-order valence-electron chi connectivity index (χ4n) is 23.4. The smallest absolute Gasteiger partial charge is 0.160 e. The van der Waals surface area contributed by atoms with Crippen molar-refractivity contribution in [3.05, 3.63) is 518 Å². The van der Waals surface area contributed by atoms with Gasteiger partial charge >= 0.3 is 0 Å². The Morgan fingerprint density at radius 2 is 0.426 bits per heavy atom. The highest BCUT2D eigenvalue weighted by Gasteiger charge is 2.52. The van der Waals surface area contributed by atoms with E-state index in [9.17, 15) is 0 Å². The summed E-state index contributed by atoms with van der Waals surface area (Å²) in [6.45, 7) is 9.43. The van der Waals surface area contributed by atoms with Crippen LogP contribution in [0.15, 0.2) is 473 Å². The third-order valence-corrected chi connectivity index (χ3v) is 30.4. The minimum Gasteiger partial charge on any atom is -0.227 e. The molecule has 0 unspecified atom stereocenters. The van der Waals surface area contributed by atoms with Crippen LogP contribution in [-0.2, 0) is 16.2 Å². The molecule has 3 aromatic heterocycles. The minimum atomic E-state index is -0.374. The molecule has 0 amide bonds. The largest absolute Gasteiger partial charge is 0.227 e. The average molecular weight is 1800 g/mol. The van der Waals surface area contributed by atoms with Gasteiger partial charge in [-0.25, -0.2) is 29.9 Å². The molecule has 22 aromatic carbocycles. The fourth-order valence-corrected chi connectivity index (χ4v) is 23.4. The van der Waals surface area contributed by atoms with Crippen LogP contribution in [0.25, 0.3) is 232 Å². The summed E-state index contributed by atoms with van der Waals surface area (Å²) < 4.78 is 0. The van der Waals surface area contributed by atoms with Gasteiger partial charge in [-0.05, 0) is 227 Å². The zero-order valence-electron chi connectivity index (χ0n) is 78.2. The van der Waals surface area contributed by atoms with E-state index in [2.05, 4.69) is 434 Å². The van der Waals surface area contributed by atoms with Gasteiger partial charge in [-0.3, -0.25) is 0 Å². The molecule has 4 aliphatic rings. The highest BCUT2D eigenvalue weighted by Crippen LogP contribution is 2.64. The number of rotatable bonds is 9. The highest BCUT2D eigenvalue weighted by atomic mass is 14.9. The molecule has 29 rings (SSSR count). The Bertz CT molecular complexity index is 9390. The van der Waals surface area contributed by atoms with E-state index in [0.29, 0.717) is 0 Å². The van der Waals surface area contributed by atoms with Gasteiger partial charge in [-0.2, -0.15) is 0 Å². The van der Waals surface area contributed by atoms with Crippen LogP contribution in [-0.4, -0.2) is 29.9 Å². The second kappa shape index (κ2) is 32.7. The van der Waals surface area contributed by atoms with Gasteiger partial charge in [-0.1, -0.05) is 434 Å². The standard InChI is InChI=1S/C49H30N2.2C43H30N2/c1-3-13-32(14-4-1)46-40-28-25-31-23-24-34(29-41(31)47(40)51-48(50-46)33-15-5-2-6-16-33)35-26-27-39-38-19-9-12-22-44(38)49(45(39)30-35)42-20-10-7-17-36(42)37-18-8-11-21-43(37)49;1-43(2)37-24-21-27-11-9-10-16-33(27)39(37)34-22-20-32(26-38(34)43)31-18-17-28-19-23-35-40(29-12-5-3-6-13-29)44-42(30-14-7-4-8-15-30)45-41(35)36(28)25-31;1-43(2)38-26-33(20-21-34(38)37-24-30-15-9-10-16-31(30)25-39(37)43)32-18-17-27-19-22-35-40(28-11-5-3-6-12-28)44-42(29-13-7-4-8-14-29)45-41(35)36(27)23-32/h1-30H;2*3-26H,1-2H3. The number of fused-ring (bicyclic) bond motifs is 28. The predicted octanol–water partition coefficient (Wildman–Crippen LogP) is 34.6. The Kier molecular flexibility index (Phi) is 19.2. The van der Waals surface area contributed by atoms with Crippen molar-refractivity contribution in [1.29, 1.82) is 0 Å². The molecule has 0 atom stereocenters. The van der Waals surface area contributed by atoms with Gasteiger partial charge in [0.1, 0.15) is 0 Å². The zero-order chi connectivity index (χ0) is 93.8. The number of hydrogen-bond acceptors (Lipinski definition) is 6. The van der Waals surface area contributed by atoms with Gasteiger partial charge in [0.25, 0.3) is 0 Å². The van der Waals surface area contributed by atoms with E-state index >= 15 is 0 Å². The summed E-state index contributed by atoms with van der Waals surface area (Å²) in [4.78, 5) is 31.1. The number of hydrogen-bond donors (Lipinski definition) is 0. The van der Waals surface area contributed by atoms with Gasteiger partial charge in [0.15, 0.2) is 17.5 Å². The molecule has 4 aliphatic carbocycles. The maximum Gasteiger partial charge on any atom is 0.160 e. The summed E-state index contributed by atoms with van der Waals surface area (Å²) in [5.41, 5.74) is 40.3. The first-order valence-electron chi connectivity index (χ1n) is 48.8. The van der Waals surface area contributed by atoms with Crippen molar-refractivity contribution < 1.29 is 0 Å². The number of nitrogens with zero attached hydrogens (tertiary/aromatic N) is 6. The molecule has 0 saturated heterocycles. The first kappa shape index (κ1) is 82.6. The topological polar surface area (TPSA) is 77.3 Å². The number of benzene rings is 22. The molecule has 6 heteroatoms. The van der Waals surface area contributed by atoms with Gasteiger partial charge in [-0.15, -0.1) is 0 Å². The Balaban J connectivity index is 0.000000106. The zero-order valence-corrected chi connectivity index (χ0v) is 78.2. The SMILES string of the molecule is CC1(C)c2cc(-c3ccc4ccc5c(-c6ccccc6)nc(-c6ccccc6)nc5c4c3)ccc2-c2c1ccc1ccccc21.CC1(C)c2cc(-c3ccc4ccc5c(-c6ccccc6)nc(-c6ccccc6)nc5c4c3)ccc2-c2cc3ccccc3cc21.c1ccc(-c2nc(-c3ccccc3)c3ccc4ccc(-c5ccc6c(c5)C5(c7ccccc7-c7ccccc75)c5ccccc5-6)cc4c3n2)cc1. The van der Waals surface area contributed by atoms with Gasteiger partial charge in [0, 0.05) is 76.5 Å². The van der Waals surface area contributed by atoms with Crippen molar-refractivity contribution in [2.24, 2.45) is 0 Å². The lowest BCUT2D eigenvalue weighted by molar-refractivity contribution is 0.661. The Labute approximate surface area is 818 Å². The summed E-state index contributed by atoms with van der Waals surface area (Å²) in [6.07, 6.45) is 0. The van der Waals surface area contributed by atoms with Crippen molar-refractivity contribution >= 4 is 86.6 Å². The first-order valence-corrected chi connectivity index (χ1v) is 48.8. The van der Waals surface area contributed by atoms with E-state index in [1.54, 1.807) is 0 Å². The molecule has 0 N–H and O–H groups in total. The van der Waals surface area contributed by atoms with Gasteiger partial charge in [0.05, 0.1) is 39.0 Å². The normalized spacial score (nSPS) is 13.3. The van der Waals surface area contributed by atoms with Crippen LogP contribution in [0.4, 0.5) is 0 Å². The van der Waals surface area contributed by atoms with E-state index in [4.69, 9.17) is 29.9 Å². The third kappa shape index (κ3) is 13.4. The summed E-state index contributed by atoms with van der Waals surface area (Å²) in [7, 11) is 0. The van der Waals surface area contributed by atoms with Crippen LogP contribution >= 0.6 is 0 Å². The van der Waals surface area contributed by atoms with E-state index in [1.165, 1.54) is 155 Å². The van der Waals surface area contributed by atoms with Gasteiger partial charge in [0.2, 0.25) is 0 Å². The van der Waals surface area contributed by atoms with Crippen LogP contribution in [0, 0.1) is 0 Å². The fraction of sp³-hybridized carbons (Fsp3) is 0.0519. The van der Waals surface area contributed by atoms with Crippen molar-refractivity contribution in [1.82, 2.24) is 29.9 Å². The van der Waals surface area contributed by atoms with Crippen LogP contribution in [0.3, 0.4) is 0 Å². The third-order valence-electron chi connectivity index (χ3n) is 30.4. The second-order valence-electron chi connectivity index (χ2n) is 38.9. The molecule has 141 heavy (non-hydrogen) atoms. The first-order chi connectivity index (χ1) is 69.4. The molecule has 25 aromatic rings. The molecule has 0 saturated carbocycles. The summed E-state index contributed by atoms with van der Waals surface area (Å²) in [6, 6.07) is 171. The van der Waals surface area contributed by atoms with E-state index in [0.717, 1.165) is 122 Å². The van der Waals surface area contributed by atoms with Crippen LogP contribution in [0.1, 0.15) is 72.2 Å². The maximum absolute atomic E-state index is 5.28. The highest BCUT2D eigenvalue weighted by molar-refractivity contribution is 6.15. The Morgan fingerprint density at radius 3 is 0.837 bits per heavy atom. The molecule has 660 valence electrons. The van der Waals surface area contributed by atoms with Crippen molar-refractivity contribution in [3.63, 3.8) is 0 Å². The summed E-state index contributed by atoms with van der Waals surface area (Å²) in [5, 5.41) is 15.3. The maximum atomic E-state index is 5.28. The molecule has 3 heterocycles. The lowest BCUT2D eigenvalue weighted by Gasteiger charge is -2.30. The van der Waals surface area contributed by atoms with Crippen molar-refractivity contribution in [2.75, 3.05) is 0 Å². The Hall–Kier alpha value is -17.8. The molecular weight excluding hydrogens is 1710 g/mol. The summed E-state index contributed by atoms with van der Waals surface area (Å²) in [5.74, 6) is 2.21. The van der Waals surface area contributed by atoms with Crippen molar-refractivity contribution in [3.8, 4) is 146 Å². The average Bonchev–Trinajstić information content (AvgIpc) is 1.51. The predicted molar refractivity (Wildman–Crippen MR) is 586 cm³/mol. The van der Waals surface area contributed by atoms with E-state index in [-0.39, 0.29) is 16.2 Å². The summed E-state index contributed by atoms with van der Waals surface area (Å²) >= 11 is 0. The van der Waals surface area contributed by atoms with E-state index in [1.807, 2.05) is 66.7 Å². The molecular formula is C135H90N6. The lowest BCUT2D eigenvalue weighted by Crippen LogP contribution is -2.25. The van der Waals surface area contributed by atoms with Crippen LogP contribution in [0.2, 0.25) is 0 Å². The van der Waals surface area contributed by atoms with Crippen LogP contribution in [0.5, 0.6) is 0 Å². The second-order valence-corrected chi connectivity index (χ2v) is 38.9. The minimum absolute atomic E-state index is 0.0867. The van der Waals surface area contributed by atoms with E-state index < -0.39 is 0 Å². The molecule has 0 aliphatic heterocycles. The molecule has 0 fully saturated rings. The molecule has 0 radical (unpaired) electrons.